The molecule has 0 aliphatic rings. The van der Waals surface area contributed by atoms with E-state index in [1.54, 1.807) is 12.1 Å². The van der Waals surface area contributed by atoms with Crippen LogP contribution in [0.3, 0.4) is 0 Å². The van der Waals surface area contributed by atoms with E-state index in [0.29, 0.717) is 11.8 Å². The highest BCUT2D eigenvalue weighted by Gasteiger charge is 1.88. The van der Waals surface area contributed by atoms with Crippen molar-refractivity contribution < 1.29 is 9.18 Å². The Kier molecular flexibility index (Phi) is 3.04. The van der Waals surface area contributed by atoms with Crippen molar-refractivity contribution in [1.82, 2.24) is 0 Å². The van der Waals surface area contributed by atoms with Gasteiger partial charge in [0.25, 0.3) is 0 Å². The first kappa shape index (κ1) is 8.48. The SMILES string of the molecule is O=CCC#Cc1cccc(F)c1. The Morgan fingerprint density at radius 3 is 3.00 bits per heavy atom. The minimum absolute atomic E-state index is 0.191. The summed E-state index contributed by atoms with van der Waals surface area (Å²) in [4.78, 5) is 9.89. The lowest BCUT2D eigenvalue weighted by atomic mass is 10.2. The van der Waals surface area contributed by atoms with Gasteiger partial charge in [0, 0.05) is 5.56 Å². The third kappa shape index (κ3) is 2.55. The maximum absolute atomic E-state index is 12.5. The van der Waals surface area contributed by atoms with Crippen molar-refractivity contribution in [2.24, 2.45) is 0 Å². The van der Waals surface area contributed by atoms with Crippen molar-refractivity contribution in [1.29, 1.82) is 0 Å². The summed E-state index contributed by atoms with van der Waals surface area (Å²) in [7, 11) is 0. The second-order valence-electron chi connectivity index (χ2n) is 2.18. The van der Waals surface area contributed by atoms with Gasteiger partial charge < -0.3 is 4.79 Å². The largest absolute Gasteiger partial charge is 0.302 e. The zero-order valence-corrected chi connectivity index (χ0v) is 6.38. The summed E-state index contributed by atoms with van der Waals surface area (Å²) in [6.07, 6.45) is 0.906. The smallest absolute Gasteiger partial charge is 0.131 e. The van der Waals surface area contributed by atoms with Crippen LogP contribution in [0.1, 0.15) is 12.0 Å². The van der Waals surface area contributed by atoms with Crippen LogP contribution in [0.25, 0.3) is 0 Å². The number of carbonyl (C=O) groups is 1. The van der Waals surface area contributed by atoms with Crippen LogP contribution in [0, 0.1) is 17.7 Å². The second-order valence-corrected chi connectivity index (χ2v) is 2.18. The maximum atomic E-state index is 12.5. The summed E-state index contributed by atoms with van der Waals surface area (Å²) >= 11 is 0. The summed E-state index contributed by atoms with van der Waals surface area (Å²) in [5.41, 5.74) is 0.594. The van der Waals surface area contributed by atoms with Crippen LogP contribution in [-0.4, -0.2) is 6.29 Å². The Morgan fingerprint density at radius 2 is 2.33 bits per heavy atom. The molecule has 0 heterocycles. The number of hydrogen-bond donors (Lipinski definition) is 0. The molecule has 1 rings (SSSR count). The average molecular weight is 162 g/mol. The quantitative estimate of drug-likeness (QED) is 0.454. The fraction of sp³-hybridized carbons (Fsp3) is 0.100. The van der Waals surface area contributed by atoms with Gasteiger partial charge in [0.1, 0.15) is 12.1 Å². The lowest BCUT2D eigenvalue weighted by Crippen LogP contribution is -1.77. The average Bonchev–Trinajstić information content (AvgIpc) is 2.05. The molecule has 0 radical (unpaired) electrons. The summed E-state index contributed by atoms with van der Waals surface area (Å²) in [5, 5.41) is 0. The summed E-state index contributed by atoms with van der Waals surface area (Å²) in [6.45, 7) is 0. The standard InChI is InChI=1S/C10H7FO/c11-10-6-3-5-9(8-10)4-1-2-7-12/h3,5-8H,2H2. The van der Waals surface area contributed by atoms with Gasteiger partial charge in [-0.1, -0.05) is 17.9 Å². The Balaban J connectivity index is 2.77. The Labute approximate surface area is 70.2 Å². The fourth-order valence-electron chi connectivity index (χ4n) is 0.761. The molecule has 1 aromatic rings. The molecule has 0 amide bonds. The molecule has 0 fully saturated rings. The van der Waals surface area contributed by atoms with Gasteiger partial charge in [0.15, 0.2) is 0 Å². The van der Waals surface area contributed by atoms with E-state index in [0.717, 1.165) is 0 Å². The summed E-state index contributed by atoms with van der Waals surface area (Å²) in [6, 6.07) is 5.96. The van der Waals surface area contributed by atoms with E-state index in [1.165, 1.54) is 12.1 Å². The van der Waals surface area contributed by atoms with Crippen molar-refractivity contribution in [3.63, 3.8) is 0 Å². The molecule has 12 heavy (non-hydrogen) atoms. The number of hydrogen-bond acceptors (Lipinski definition) is 1. The third-order valence-electron chi connectivity index (χ3n) is 1.24. The topological polar surface area (TPSA) is 17.1 Å². The van der Waals surface area contributed by atoms with Crippen LogP contribution in [0.2, 0.25) is 0 Å². The van der Waals surface area contributed by atoms with Crippen molar-refractivity contribution in [3.05, 3.63) is 35.6 Å². The molecule has 0 saturated heterocycles. The zero-order valence-electron chi connectivity index (χ0n) is 6.38. The van der Waals surface area contributed by atoms with Gasteiger partial charge in [0.2, 0.25) is 0 Å². The minimum Gasteiger partial charge on any atom is -0.302 e. The molecule has 0 bridgehead atoms. The molecule has 0 spiro atoms. The van der Waals surface area contributed by atoms with Crippen LogP contribution < -0.4 is 0 Å². The van der Waals surface area contributed by atoms with Gasteiger partial charge in [-0.15, -0.1) is 0 Å². The van der Waals surface area contributed by atoms with Crippen molar-refractivity contribution in [2.45, 2.75) is 6.42 Å². The predicted octanol–water partition coefficient (Wildman–Crippen LogP) is 1.77. The van der Waals surface area contributed by atoms with Crippen LogP contribution in [0.4, 0.5) is 4.39 Å². The first-order valence-corrected chi connectivity index (χ1v) is 3.51. The number of rotatable bonds is 1. The molecular formula is C10H7FO. The minimum atomic E-state index is -0.312. The monoisotopic (exact) mass is 162 g/mol. The van der Waals surface area contributed by atoms with E-state index in [-0.39, 0.29) is 12.2 Å². The van der Waals surface area contributed by atoms with Gasteiger partial charge in [-0.3, -0.25) is 0 Å². The van der Waals surface area contributed by atoms with Crippen LogP contribution >= 0.6 is 0 Å². The molecule has 0 N–H and O–H groups in total. The van der Waals surface area contributed by atoms with Gasteiger partial charge >= 0.3 is 0 Å². The lowest BCUT2D eigenvalue weighted by Gasteiger charge is -1.88. The highest BCUT2D eigenvalue weighted by Crippen LogP contribution is 2.00. The fourth-order valence-corrected chi connectivity index (χ4v) is 0.761. The molecule has 0 atom stereocenters. The predicted molar refractivity (Wildman–Crippen MR) is 44.0 cm³/mol. The molecule has 1 nitrogen and oxygen atoms in total. The molecule has 0 saturated carbocycles. The Bertz CT molecular complexity index is 333. The second kappa shape index (κ2) is 4.30. The normalized spacial score (nSPS) is 8.42. The first-order valence-electron chi connectivity index (χ1n) is 3.51. The van der Waals surface area contributed by atoms with Gasteiger partial charge in [-0.25, -0.2) is 4.39 Å². The van der Waals surface area contributed by atoms with Gasteiger partial charge in [-0.05, 0) is 18.2 Å². The molecular weight excluding hydrogens is 155 g/mol. The molecule has 0 aliphatic heterocycles. The highest BCUT2D eigenvalue weighted by molar-refractivity contribution is 5.54. The van der Waals surface area contributed by atoms with E-state index < -0.39 is 0 Å². The molecule has 0 aliphatic carbocycles. The Morgan fingerprint density at radius 1 is 1.50 bits per heavy atom. The van der Waals surface area contributed by atoms with Crippen LogP contribution in [0.5, 0.6) is 0 Å². The van der Waals surface area contributed by atoms with Crippen molar-refractivity contribution in [2.75, 3.05) is 0 Å². The molecule has 0 aromatic heterocycles. The van der Waals surface area contributed by atoms with Crippen molar-refractivity contribution in [3.8, 4) is 11.8 Å². The summed E-state index contributed by atoms with van der Waals surface area (Å²) in [5.74, 6) is 4.95. The third-order valence-corrected chi connectivity index (χ3v) is 1.24. The van der Waals surface area contributed by atoms with Crippen LogP contribution in [0.15, 0.2) is 24.3 Å². The highest BCUT2D eigenvalue weighted by atomic mass is 19.1. The zero-order chi connectivity index (χ0) is 8.81. The van der Waals surface area contributed by atoms with E-state index in [9.17, 15) is 9.18 Å². The van der Waals surface area contributed by atoms with E-state index >= 15 is 0 Å². The lowest BCUT2D eigenvalue weighted by molar-refractivity contribution is -0.107. The first-order chi connectivity index (χ1) is 5.83. The molecule has 1 aromatic carbocycles. The van der Waals surface area contributed by atoms with E-state index in [4.69, 9.17) is 0 Å². The van der Waals surface area contributed by atoms with E-state index in [1.807, 2.05) is 0 Å². The van der Waals surface area contributed by atoms with E-state index in [2.05, 4.69) is 11.8 Å². The van der Waals surface area contributed by atoms with Crippen molar-refractivity contribution >= 4 is 6.29 Å². The molecule has 2 heteroatoms. The Hall–Kier alpha value is -1.62. The molecule has 0 unspecified atom stereocenters. The van der Waals surface area contributed by atoms with Gasteiger partial charge in [-0.2, -0.15) is 0 Å². The maximum Gasteiger partial charge on any atom is 0.131 e. The van der Waals surface area contributed by atoms with Crippen LogP contribution in [-0.2, 0) is 4.79 Å². The number of carbonyl (C=O) groups excluding carboxylic acids is 1. The van der Waals surface area contributed by atoms with Gasteiger partial charge in [0.05, 0.1) is 6.42 Å². The molecule has 60 valence electrons. The number of halogens is 1. The number of aldehydes is 1. The summed E-state index contributed by atoms with van der Waals surface area (Å²) < 4.78 is 12.5. The number of benzene rings is 1.